The monoisotopic (exact) mass is 223 g/mol. The third-order valence-corrected chi connectivity index (χ3v) is 1.93. The first-order chi connectivity index (χ1) is 7.47. The van der Waals surface area contributed by atoms with Gasteiger partial charge < -0.3 is 10.8 Å². The molecule has 0 bridgehead atoms. The van der Waals surface area contributed by atoms with Crippen LogP contribution in [-0.2, 0) is 4.79 Å². The lowest BCUT2D eigenvalue weighted by Crippen LogP contribution is -2.16. The molecule has 0 aliphatic carbocycles. The Morgan fingerprint density at radius 1 is 1.56 bits per heavy atom. The first-order valence-corrected chi connectivity index (χ1v) is 4.21. The van der Waals surface area contributed by atoms with Crippen LogP contribution < -0.4 is 5.73 Å². The zero-order valence-corrected chi connectivity index (χ0v) is 8.38. The minimum atomic E-state index is -1.23. The molecule has 7 heteroatoms. The Balaban J connectivity index is 3.28. The summed E-state index contributed by atoms with van der Waals surface area (Å²) in [5.41, 5.74) is 5.28. The molecule has 0 saturated carbocycles. The molecule has 0 aromatic heterocycles. The number of carbonyl (C=O) groups is 1. The van der Waals surface area contributed by atoms with E-state index in [4.69, 9.17) is 10.8 Å². The molecular formula is C9H9N3O4. The largest absolute Gasteiger partial charge is 0.477 e. The highest BCUT2D eigenvalue weighted by Gasteiger charge is 2.17. The Morgan fingerprint density at radius 2 is 2.19 bits per heavy atom. The molecule has 16 heavy (non-hydrogen) atoms. The maximum Gasteiger partial charge on any atom is 0.354 e. The number of carboxylic acids is 1. The first kappa shape index (κ1) is 11.6. The summed E-state index contributed by atoms with van der Waals surface area (Å²) in [6, 6.07) is 3.55. The van der Waals surface area contributed by atoms with Gasteiger partial charge in [0, 0.05) is 30.4 Å². The molecule has 0 radical (unpaired) electrons. The van der Waals surface area contributed by atoms with Crippen LogP contribution >= 0.6 is 0 Å². The predicted octanol–water partition coefficient (Wildman–Crippen LogP) is 0.680. The van der Waals surface area contributed by atoms with E-state index in [1.807, 2.05) is 0 Å². The number of nitrogens with zero attached hydrogens (tertiary/aromatic N) is 2. The van der Waals surface area contributed by atoms with Gasteiger partial charge in [-0.25, -0.2) is 4.79 Å². The second-order valence-corrected chi connectivity index (χ2v) is 2.91. The Labute approximate surface area is 90.4 Å². The van der Waals surface area contributed by atoms with Crippen LogP contribution in [0.4, 0.5) is 11.4 Å². The highest BCUT2D eigenvalue weighted by atomic mass is 16.6. The van der Waals surface area contributed by atoms with Gasteiger partial charge in [0.1, 0.15) is 0 Å². The SMILES string of the molecule is CN=C(C(=O)O)c1ccc([N+](=O)[O-])cc1N. The normalized spacial score (nSPS) is 11.2. The molecule has 0 spiro atoms. The fourth-order valence-corrected chi connectivity index (χ4v) is 1.21. The van der Waals surface area contributed by atoms with E-state index in [9.17, 15) is 14.9 Å². The molecule has 1 aromatic carbocycles. The number of nitrogen functional groups attached to an aromatic ring is 1. The maximum atomic E-state index is 10.8. The van der Waals surface area contributed by atoms with Gasteiger partial charge in [0.2, 0.25) is 0 Å². The van der Waals surface area contributed by atoms with Gasteiger partial charge in [-0.15, -0.1) is 0 Å². The number of carboxylic acid groups (broad SMARTS) is 1. The van der Waals surface area contributed by atoms with Gasteiger partial charge in [0.05, 0.1) is 4.92 Å². The second-order valence-electron chi connectivity index (χ2n) is 2.91. The van der Waals surface area contributed by atoms with Gasteiger partial charge in [0.25, 0.3) is 5.69 Å². The van der Waals surface area contributed by atoms with Crippen molar-refractivity contribution in [2.75, 3.05) is 12.8 Å². The summed E-state index contributed by atoms with van der Waals surface area (Å²) in [6.45, 7) is 0. The van der Waals surface area contributed by atoms with Crippen LogP contribution in [0.3, 0.4) is 0 Å². The van der Waals surface area contributed by atoms with Crippen molar-refractivity contribution in [3.05, 3.63) is 33.9 Å². The number of nitro groups is 1. The van der Waals surface area contributed by atoms with E-state index in [2.05, 4.69) is 4.99 Å². The summed E-state index contributed by atoms with van der Waals surface area (Å²) in [7, 11) is 1.31. The molecular weight excluding hydrogens is 214 g/mol. The average molecular weight is 223 g/mol. The molecule has 0 fully saturated rings. The first-order valence-electron chi connectivity index (χ1n) is 4.21. The maximum absolute atomic E-state index is 10.8. The van der Waals surface area contributed by atoms with Crippen molar-refractivity contribution in [3.63, 3.8) is 0 Å². The number of aliphatic carboxylic acids is 1. The number of anilines is 1. The van der Waals surface area contributed by atoms with Crippen molar-refractivity contribution in [1.29, 1.82) is 0 Å². The molecule has 7 nitrogen and oxygen atoms in total. The Morgan fingerprint density at radius 3 is 2.56 bits per heavy atom. The van der Waals surface area contributed by atoms with Crippen LogP contribution in [0.5, 0.6) is 0 Å². The number of aliphatic imine (C=N–C) groups is 1. The predicted molar refractivity (Wildman–Crippen MR) is 57.6 cm³/mol. The van der Waals surface area contributed by atoms with Crippen molar-refractivity contribution in [2.24, 2.45) is 4.99 Å². The van der Waals surface area contributed by atoms with Crippen LogP contribution in [0.25, 0.3) is 0 Å². The van der Waals surface area contributed by atoms with Gasteiger partial charge >= 0.3 is 5.97 Å². The number of nitro benzene ring substituents is 1. The topological polar surface area (TPSA) is 119 Å². The molecule has 0 heterocycles. The van der Waals surface area contributed by atoms with E-state index < -0.39 is 10.9 Å². The van der Waals surface area contributed by atoms with Gasteiger partial charge in [-0.1, -0.05) is 0 Å². The van der Waals surface area contributed by atoms with E-state index >= 15 is 0 Å². The zero-order valence-electron chi connectivity index (χ0n) is 8.38. The number of hydrogen-bond donors (Lipinski definition) is 2. The number of hydrogen-bond acceptors (Lipinski definition) is 5. The lowest BCUT2D eigenvalue weighted by atomic mass is 10.1. The van der Waals surface area contributed by atoms with Gasteiger partial charge in [-0.2, -0.15) is 0 Å². The van der Waals surface area contributed by atoms with Gasteiger partial charge in [0.15, 0.2) is 5.71 Å². The summed E-state index contributed by atoms with van der Waals surface area (Å²) in [5.74, 6) is -1.23. The minimum absolute atomic E-state index is 0.0113. The zero-order chi connectivity index (χ0) is 12.3. The molecule has 3 N–H and O–H groups in total. The van der Waals surface area contributed by atoms with Crippen molar-refractivity contribution >= 4 is 23.1 Å². The van der Waals surface area contributed by atoms with Crippen LogP contribution in [0.1, 0.15) is 5.56 Å². The molecule has 0 saturated heterocycles. The molecule has 0 unspecified atom stereocenters. The molecule has 0 amide bonds. The Bertz CT molecular complexity index is 482. The summed E-state index contributed by atoms with van der Waals surface area (Å²) < 4.78 is 0. The standard InChI is InChI=1S/C9H9N3O4/c1-11-8(9(13)14)6-3-2-5(12(15)16)4-7(6)10/h2-4H,10H2,1H3,(H,13,14). The van der Waals surface area contributed by atoms with Gasteiger partial charge in [-0.05, 0) is 6.07 Å². The third kappa shape index (κ3) is 2.14. The van der Waals surface area contributed by atoms with E-state index in [0.717, 1.165) is 6.07 Å². The lowest BCUT2D eigenvalue weighted by Gasteiger charge is -2.04. The molecule has 1 aromatic rings. The quantitative estimate of drug-likeness (QED) is 0.338. The summed E-state index contributed by atoms with van der Waals surface area (Å²) in [5, 5.41) is 19.3. The van der Waals surface area contributed by atoms with Crippen LogP contribution in [0.2, 0.25) is 0 Å². The van der Waals surface area contributed by atoms with Gasteiger partial charge in [-0.3, -0.25) is 15.1 Å². The summed E-state index contributed by atoms with van der Waals surface area (Å²) in [6.07, 6.45) is 0. The fraction of sp³-hybridized carbons (Fsp3) is 0.111. The van der Waals surface area contributed by atoms with Crippen LogP contribution in [-0.4, -0.2) is 28.8 Å². The van der Waals surface area contributed by atoms with E-state index in [-0.39, 0.29) is 22.6 Å². The van der Waals surface area contributed by atoms with Crippen molar-refractivity contribution in [1.82, 2.24) is 0 Å². The Kier molecular flexibility index (Phi) is 3.19. The average Bonchev–Trinajstić information content (AvgIpc) is 2.20. The molecule has 1 rings (SSSR count). The smallest absolute Gasteiger partial charge is 0.354 e. The van der Waals surface area contributed by atoms with Crippen molar-refractivity contribution in [2.45, 2.75) is 0 Å². The van der Waals surface area contributed by atoms with Crippen molar-refractivity contribution < 1.29 is 14.8 Å². The molecule has 0 atom stereocenters. The molecule has 84 valence electrons. The van der Waals surface area contributed by atoms with E-state index in [0.29, 0.717) is 0 Å². The third-order valence-electron chi connectivity index (χ3n) is 1.93. The summed E-state index contributed by atoms with van der Waals surface area (Å²) >= 11 is 0. The van der Waals surface area contributed by atoms with Crippen molar-refractivity contribution in [3.8, 4) is 0 Å². The van der Waals surface area contributed by atoms with Crippen LogP contribution in [0, 0.1) is 10.1 Å². The number of benzene rings is 1. The van der Waals surface area contributed by atoms with E-state index in [1.54, 1.807) is 0 Å². The number of rotatable bonds is 3. The van der Waals surface area contributed by atoms with Crippen LogP contribution in [0.15, 0.2) is 23.2 Å². The molecule has 0 aliphatic rings. The molecule has 0 aliphatic heterocycles. The fourth-order valence-electron chi connectivity index (χ4n) is 1.21. The van der Waals surface area contributed by atoms with E-state index in [1.165, 1.54) is 19.2 Å². The number of nitrogens with two attached hydrogens (primary N) is 1. The highest BCUT2D eigenvalue weighted by molar-refractivity contribution is 6.43. The second kappa shape index (κ2) is 4.39. The minimum Gasteiger partial charge on any atom is -0.477 e. The lowest BCUT2D eigenvalue weighted by molar-refractivity contribution is -0.384. The summed E-state index contributed by atoms with van der Waals surface area (Å²) in [4.78, 5) is 24.2. The Hall–Kier alpha value is -2.44. The number of non-ortho nitro benzene ring substituents is 1. The highest BCUT2D eigenvalue weighted by Crippen LogP contribution is 2.20.